The maximum absolute atomic E-state index is 12.6. The van der Waals surface area contributed by atoms with Gasteiger partial charge in [-0.05, 0) is 83.0 Å². The van der Waals surface area contributed by atoms with Crippen LogP contribution in [0.15, 0.2) is 70.2 Å². The van der Waals surface area contributed by atoms with Crippen molar-refractivity contribution in [2.75, 3.05) is 13.7 Å². The highest BCUT2D eigenvalue weighted by molar-refractivity contribution is 9.10. The number of hydrazone groups is 1. The lowest BCUT2D eigenvalue weighted by atomic mass is 10.2. The zero-order chi connectivity index (χ0) is 23.8. The Bertz CT molecular complexity index is 1180. The van der Waals surface area contributed by atoms with Gasteiger partial charge in [-0.1, -0.05) is 17.7 Å². The first-order valence-corrected chi connectivity index (χ1v) is 11.0. The summed E-state index contributed by atoms with van der Waals surface area (Å²) in [5.74, 6) is 0.264. The highest BCUT2D eigenvalue weighted by atomic mass is 79.9. The second-order valence-corrected chi connectivity index (χ2v) is 7.88. The first kappa shape index (κ1) is 24.3. The molecule has 7 nitrogen and oxygen atoms in total. The minimum atomic E-state index is -0.547. The number of nitrogens with one attached hydrogen (secondary N) is 1. The van der Waals surface area contributed by atoms with Crippen LogP contribution in [0.3, 0.4) is 0 Å². The second kappa shape index (κ2) is 11.5. The van der Waals surface area contributed by atoms with Crippen molar-refractivity contribution < 1.29 is 23.8 Å². The zero-order valence-corrected chi connectivity index (χ0v) is 20.1. The van der Waals surface area contributed by atoms with Crippen LogP contribution < -0.4 is 19.6 Å². The fourth-order valence-corrected chi connectivity index (χ4v) is 3.49. The van der Waals surface area contributed by atoms with E-state index in [1.165, 1.54) is 6.21 Å². The molecule has 0 spiro atoms. The highest BCUT2D eigenvalue weighted by Gasteiger charge is 2.17. The van der Waals surface area contributed by atoms with Gasteiger partial charge < -0.3 is 14.2 Å². The monoisotopic (exact) mass is 530 g/mol. The van der Waals surface area contributed by atoms with Crippen molar-refractivity contribution >= 4 is 45.6 Å². The third-order valence-corrected chi connectivity index (χ3v) is 5.14. The van der Waals surface area contributed by atoms with Gasteiger partial charge in [0.05, 0.1) is 30.0 Å². The molecular formula is C24H20BrClN2O5. The summed E-state index contributed by atoms with van der Waals surface area (Å²) in [6, 6.07) is 16.4. The molecule has 0 heterocycles. The molecule has 0 atom stereocenters. The van der Waals surface area contributed by atoms with Crippen LogP contribution in [0.4, 0.5) is 0 Å². The van der Waals surface area contributed by atoms with Gasteiger partial charge in [0.15, 0.2) is 11.5 Å². The molecule has 9 heteroatoms. The van der Waals surface area contributed by atoms with E-state index in [2.05, 4.69) is 26.5 Å². The Labute approximate surface area is 204 Å². The molecular weight excluding hydrogens is 512 g/mol. The normalized spacial score (nSPS) is 10.7. The number of hydrogen-bond donors (Lipinski definition) is 1. The number of esters is 1. The van der Waals surface area contributed by atoms with Gasteiger partial charge in [-0.2, -0.15) is 5.10 Å². The molecule has 1 amide bonds. The van der Waals surface area contributed by atoms with E-state index in [1.807, 2.05) is 6.92 Å². The molecule has 0 bridgehead atoms. The molecule has 1 N–H and O–H groups in total. The van der Waals surface area contributed by atoms with Crippen molar-refractivity contribution in [1.82, 2.24) is 5.43 Å². The van der Waals surface area contributed by atoms with E-state index in [1.54, 1.807) is 67.8 Å². The number of hydrogen-bond acceptors (Lipinski definition) is 6. The summed E-state index contributed by atoms with van der Waals surface area (Å²) in [7, 11) is 1.55. The molecule has 0 saturated carbocycles. The highest BCUT2D eigenvalue weighted by Crippen LogP contribution is 2.37. The maximum atomic E-state index is 12.6. The first-order valence-electron chi connectivity index (χ1n) is 9.82. The van der Waals surface area contributed by atoms with Crippen LogP contribution in [-0.2, 0) is 0 Å². The fourth-order valence-electron chi connectivity index (χ4n) is 2.76. The van der Waals surface area contributed by atoms with Gasteiger partial charge in [0, 0.05) is 10.6 Å². The number of ether oxygens (including phenoxy) is 3. The van der Waals surface area contributed by atoms with Gasteiger partial charge in [0.2, 0.25) is 0 Å². The van der Waals surface area contributed by atoms with E-state index in [-0.39, 0.29) is 5.75 Å². The number of carbonyl (C=O) groups excluding carboxylic acids is 2. The predicted molar refractivity (Wildman–Crippen MR) is 130 cm³/mol. The lowest BCUT2D eigenvalue weighted by molar-refractivity contribution is 0.0726. The minimum Gasteiger partial charge on any atom is -0.497 e. The average molecular weight is 532 g/mol. The first-order chi connectivity index (χ1) is 15.9. The molecule has 33 heavy (non-hydrogen) atoms. The van der Waals surface area contributed by atoms with E-state index in [0.717, 1.165) is 0 Å². The third-order valence-electron chi connectivity index (χ3n) is 4.32. The summed E-state index contributed by atoms with van der Waals surface area (Å²) < 4.78 is 16.8. The van der Waals surface area contributed by atoms with E-state index >= 15 is 0 Å². The number of rotatable bonds is 8. The number of nitrogens with zero attached hydrogens (tertiary/aromatic N) is 1. The Morgan fingerprint density at radius 1 is 1.09 bits per heavy atom. The van der Waals surface area contributed by atoms with Crippen LogP contribution in [0, 0.1) is 0 Å². The summed E-state index contributed by atoms with van der Waals surface area (Å²) in [5, 5.41) is 4.44. The van der Waals surface area contributed by atoms with E-state index < -0.39 is 11.9 Å². The van der Waals surface area contributed by atoms with Crippen LogP contribution in [0.25, 0.3) is 0 Å². The minimum absolute atomic E-state index is 0.234. The molecule has 0 radical (unpaired) electrons. The largest absolute Gasteiger partial charge is 0.497 e. The fraction of sp³-hybridized carbons (Fsp3) is 0.125. The average Bonchev–Trinajstić information content (AvgIpc) is 2.81. The number of methoxy groups -OCH3 is 1. The molecule has 0 aromatic heterocycles. The van der Waals surface area contributed by atoms with Gasteiger partial charge in [-0.15, -0.1) is 0 Å². The van der Waals surface area contributed by atoms with E-state index in [9.17, 15) is 9.59 Å². The molecule has 3 rings (SSSR count). The molecule has 3 aromatic rings. The summed E-state index contributed by atoms with van der Waals surface area (Å²) in [5.41, 5.74) is 3.80. The van der Waals surface area contributed by atoms with Crippen molar-refractivity contribution in [2.24, 2.45) is 5.10 Å². The maximum Gasteiger partial charge on any atom is 0.343 e. The smallest absolute Gasteiger partial charge is 0.343 e. The van der Waals surface area contributed by atoms with Crippen LogP contribution in [-0.4, -0.2) is 31.8 Å². The van der Waals surface area contributed by atoms with Gasteiger partial charge in [-0.25, -0.2) is 10.2 Å². The molecule has 0 aliphatic carbocycles. The van der Waals surface area contributed by atoms with Crippen LogP contribution in [0.1, 0.15) is 33.2 Å². The quantitative estimate of drug-likeness (QED) is 0.180. The standard InChI is InChI=1S/C24H20BrClN2O5/c1-3-32-21-12-15(14-27-28-23(29)17-5-4-6-18(26)13-17)11-20(25)22(21)33-24(30)16-7-9-19(31-2)10-8-16/h4-14H,3H2,1-2H3,(H,28,29)/b27-14-. The van der Waals surface area contributed by atoms with Crippen molar-refractivity contribution in [2.45, 2.75) is 6.92 Å². The summed E-state index contributed by atoms with van der Waals surface area (Å²) >= 11 is 9.32. The Balaban J connectivity index is 1.76. The SMILES string of the molecule is CCOc1cc(/C=N\NC(=O)c2cccc(Cl)c2)cc(Br)c1OC(=O)c1ccc(OC)cc1. The lowest BCUT2D eigenvalue weighted by Gasteiger charge is -2.13. The number of carbonyl (C=O) groups is 2. The van der Waals surface area contributed by atoms with Gasteiger partial charge in [0.1, 0.15) is 5.75 Å². The Hall–Kier alpha value is -3.36. The zero-order valence-electron chi connectivity index (χ0n) is 17.8. The third kappa shape index (κ3) is 6.57. The lowest BCUT2D eigenvalue weighted by Crippen LogP contribution is -2.17. The van der Waals surface area contributed by atoms with Crippen molar-refractivity contribution in [3.63, 3.8) is 0 Å². The van der Waals surface area contributed by atoms with Gasteiger partial charge in [-0.3, -0.25) is 4.79 Å². The topological polar surface area (TPSA) is 86.2 Å². The Kier molecular flexibility index (Phi) is 8.46. The molecule has 0 aliphatic rings. The molecule has 0 fully saturated rings. The van der Waals surface area contributed by atoms with Crippen LogP contribution >= 0.6 is 27.5 Å². The molecule has 3 aromatic carbocycles. The van der Waals surface area contributed by atoms with E-state index in [4.69, 9.17) is 25.8 Å². The van der Waals surface area contributed by atoms with E-state index in [0.29, 0.717) is 44.3 Å². The van der Waals surface area contributed by atoms with Gasteiger partial charge in [0.25, 0.3) is 5.91 Å². The molecule has 170 valence electrons. The molecule has 0 saturated heterocycles. The Morgan fingerprint density at radius 2 is 1.85 bits per heavy atom. The Morgan fingerprint density at radius 3 is 2.52 bits per heavy atom. The predicted octanol–water partition coefficient (Wildman–Crippen LogP) is 5.49. The van der Waals surface area contributed by atoms with Crippen molar-refractivity contribution in [1.29, 1.82) is 0 Å². The summed E-state index contributed by atoms with van der Waals surface area (Å²) in [6.45, 7) is 2.17. The number of amides is 1. The summed E-state index contributed by atoms with van der Waals surface area (Å²) in [4.78, 5) is 24.8. The number of halogens is 2. The molecule has 0 aliphatic heterocycles. The second-order valence-electron chi connectivity index (χ2n) is 6.59. The van der Waals surface area contributed by atoms with Gasteiger partial charge >= 0.3 is 5.97 Å². The van der Waals surface area contributed by atoms with Crippen LogP contribution in [0.2, 0.25) is 5.02 Å². The van der Waals surface area contributed by atoms with Crippen molar-refractivity contribution in [3.8, 4) is 17.2 Å². The molecule has 0 unspecified atom stereocenters. The van der Waals surface area contributed by atoms with Crippen LogP contribution in [0.5, 0.6) is 17.2 Å². The number of benzene rings is 3. The summed E-state index contributed by atoms with van der Waals surface area (Å²) in [6.07, 6.45) is 1.45. The van der Waals surface area contributed by atoms with Crippen molar-refractivity contribution in [3.05, 3.63) is 86.8 Å².